The molecule has 0 radical (unpaired) electrons. The molecule has 0 amide bonds. The third kappa shape index (κ3) is 4.82. The number of allylic oxidation sites excluding steroid dienone is 2. The molecule has 0 heterocycles. The van der Waals surface area contributed by atoms with E-state index in [-0.39, 0.29) is 10.8 Å². The fraction of sp³-hybridized carbons (Fsp3) is 0.267. The Morgan fingerprint density at radius 2 is 0.967 bits per heavy atom. The summed E-state index contributed by atoms with van der Waals surface area (Å²) in [5.74, 6) is 0. The normalized spacial score (nSPS) is 11.9. The molecular formula is C30H34. The van der Waals surface area contributed by atoms with Gasteiger partial charge in [0.05, 0.1) is 0 Å². The van der Waals surface area contributed by atoms with Crippen LogP contribution in [0.15, 0.2) is 86.0 Å². The molecule has 0 fully saturated rings. The molecule has 0 aliphatic rings. The van der Waals surface area contributed by atoms with E-state index in [1.54, 1.807) is 0 Å². The molecule has 0 saturated heterocycles. The van der Waals surface area contributed by atoms with Crippen LogP contribution in [-0.4, -0.2) is 0 Å². The van der Waals surface area contributed by atoms with Crippen LogP contribution in [0, 0.1) is 0 Å². The number of benzene rings is 3. The maximum Gasteiger partial charge on any atom is -0.0132 e. The summed E-state index contributed by atoms with van der Waals surface area (Å²) in [5, 5.41) is 0. The second-order valence-electron chi connectivity index (χ2n) is 10.2. The molecule has 3 aromatic rings. The van der Waals surface area contributed by atoms with Crippen molar-refractivity contribution in [3.05, 3.63) is 103 Å². The Balaban J connectivity index is 2.09. The van der Waals surface area contributed by atoms with Crippen LogP contribution in [0.25, 0.3) is 27.8 Å². The molecule has 0 nitrogen and oxygen atoms in total. The number of rotatable bonds is 4. The van der Waals surface area contributed by atoms with E-state index >= 15 is 0 Å². The Hall–Kier alpha value is -2.86. The number of hydrogen-bond acceptors (Lipinski definition) is 0. The highest BCUT2D eigenvalue weighted by molar-refractivity contribution is 5.82. The van der Waals surface area contributed by atoms with Crippen LogP contribution in [-0.2, 0) is 10.8 Å². The van der Waals surface area contributed by atoms with Gasteiger partial charge in [-0.1, -0.05) is 109 Å². The van der Waals surface area contributed by atoms with Gasteiger partial charge in [-0.2, -0.15) is 0 Å². The van der Waals surface area contributed by atoms with Crippen LogP contribution in [0.1, 0.15) is 58.2 Å². The van der Waals surface area contributed by atoms with Crippen molar-refractivity contribution >= 4 is 5.57 Å². The Labute approximate surface area is 183 Å². The molecular weight excluding hydrogens is 360 g/mol. The summed E-state index contributed by atoms with van der Waals surface area (Å²) in [4.78, 5) is 0. The topological polar surface area (TPSA) is 0 Å². The van der Waals surface area contributed by atoms with Crippen molar-refractivity contribution in [2.45, 2.75) is 52.4 Å². The smallest absolute Gasteiger partial charge is 0.0132 e. The molecule has 0 aromatic heterocycles. The highest BCUT2D eigenvalue weighted by Gasteiger charge is 2.15. The van der Waals surface area contributed by atoms with Gasteiger partial charge in [-0.15, -0.1) is 0 Å². The summed E-state index contributed by atoms with van der Waals surface area (Å²) in [5.41, 5.74) is 9.87. The van der Waals surface area contributed by atoms with Gasteiger partial charge in [0, 0.05) is 0 Å². The maximum atomic E-state index is 4.19. The minimum absolute atomic E-state index is 0.150. The van der Waals surface area contributed by atoms with Gasteiger partial charge >= 0.3 is 0 Å². The van der Waals surface area contributed by atoms with Crippen LogP contribution >= 0.6 is 0 Å². The predicted molar refractivity (Wildman–Crippen MR) is 134 cm³/mol. The Kier molecular flexibility index (Phi) is 5.90. The van der Waals surface area contributed by atoms with E-state index in [0.717, 1.165) is 11.1 Å². The lowest BCUT2D eigenvalue weighted by Crippen LogP contribution is -2.10. The lowest BCUT2D eigenvalue weighted by molar-refractivity contribution is 0.590. The van der Waals surface area contributed by atoms with Crippen molar-refractivity contribution in [1.29, 1.82) is 0 Å². The first kappa shape index (κ1) is 21.8. The minimum atomic E-state index is 0.150. The molecule has 3 aromatic carbocycles. The van der Waals surface area contributed by atoms with E-state index in [0.29, 0.717) is 0 Å². The zero-order valence-corrected chi connectivity index (χ0v) is 19.3. The molecule has 3 rings (SSSR count). The molecule has 0 unspecified atom stereocenters. The molecule has 0 aliphatic heterocycles. The van der Waals surface area contributed by atoms with Gasteiger partial charge in [0.2, 0.25) is 0 Å². The van der Waals surface area contributed by atoms with Crippen molar-refractivity contribution in [3.8, 4) is 22.3 Å². The van der Waals surface area contributed by atoms with Crippen LogP contribution in [0.5, 0.6) is 0 Å². The third-order valence-electron chi connectivity index (χ3n) is 5.72. The Morgan fingerprint density at radius 1 is 0.600 bits per heavy atom. The first-order valence-electron chi connectivity index (χ1n) is 10.7. The Bertz CT molecular complexity index is 971. The van der Waals surface area contributed by atoms with Gasteiger partial charge in [0.15, 0.2) is 0 Å². The quantitative estimate of drug-likeness (QED) is 0.388. The Morgan fingerprint density at radius 3 is 1.27 bits per heavy atom. The van der Waals surface area contributed by atoms with Gasteiger partial charge in [-0.05, 0) is 73.5 Å². The summed E-state index contributed by atoms with van der Waals surface area (Å²) >= 11 is 0. The zero-order chi connectivity index (χ0) is 22.1. The van der Waals surface area contributed by atoms with Gasteiger partial charge < -0.3 is 0 Å². The minimum Gasteiger partial charge on any atom is -0.0985 e. The van der Waals surface area contributed by atoms with E-state index in [1.807, 2.05) is 6.08 Å². The highest BCUT2D eigenvalue weighted by Crippen LogP contribution is 2.33. The van der Waals surface area contributed by atoms with E-state index < -0.39 is 0 Å². The molecule has 0 heteroatoms. The van der Waals surface area contributed by atoms with Crippen molar-refractivity contribution in [2.75, 3.05) is 0 Å². The SMILES string of the molecule is C=CC(=C)c1cc(-c2ccc(C(C)(C)C)cc2)cc(-c2ccc(C(C)(C)C)cc2)c1. The first-order valence-corrected chi connectivity index (χ1v) is 10.7. The van der Waals surface area contributed by atoms with Crippen molar-refractivity contribution in [1.82, 2.24) is 0 Å². The first-order chi connectivity index (χ1) is 14.0. The monoisotopic (exact) mass is 394 g/mol. The van der Waals surface area contributed by atoms with Crippen molar-refractivity contribution < 1.29 is 0 Å². The third-order valence-corrected chi connectivity index (χ3v) is 5.72. The molecule has 0 saturated carbocycles. The average molecular weight is 395 g/mol. The second kappa shape index (κ2) is 8.11. The van der Waals surface area contributed by atoms with Gasteiger partial charge in [0.25, 0.3) is 0 Å². The summed E-state index contributed by atoms with van der Waals surface area (Å²) in [7, 11) is 0. The van der Waals surface area contributed by atoms with E-state index in [9.17, 15) is 0 Å². The fourth-order valence-electron chi connectivity index (χ4n) is 3.59. The zero-order valence-electron chi connectivity index (χ0n) is 19.3. The summed E-state index contributed by atoms with van der Waals surface area (Å²) in [6.45, 7) is 21.6. The van der Waals surface area contributed by atoms with E-state index in [1.165, 1.54) is 33.4 Å². The standard InChI is InChI=1S/C30H34/c1-9-21(2)24-18-25(22-10-14-27(15-11-22)29(3,4)5)20-26(19-24)23-12-16-28(17-13-23)30(6,7)8/h9-20H,1-2H2,3-8H3. The molecule has 0 atom stereocenters. The highest BCUT2D eigenvalue weighted by atomic mass is 14.2. The van der Waals surface area contributed by atoms with Crippen molar-refractivity contribution in [3.63, 3.8) is 0 Å². The summed E-state index contributed by atoms with van der Waals surface area (Å²) < 4.78 is 0. The lowest BCUT2D eigenvalue weighted by Gasteiger charge is -2.20. The van der Waals surface area contributed by atoms with E-state index in [2.05, 4.69) is 121 Å². The summed E-state index contributed by atoms with van der Waals surface area (Å²) in [6.07, 6.45) is 1.83. The molecule has 30 heavy (non-hydrogen) atoms. The molecule has 154 valence electrons. The maximum absolute atomic E-state index is 4.19. The molecule has 0 aliphatic carbocycles. The molecule has 0 spiro atoms. The fourth-order valence-corrected chi connectivity index (χ4v) is 3.59. The number of hydrogen-bond donors (Lipinski definition) is 0. The lowest BCUT2D eigenvalue weighted by atomic mass is 9.85. The van der Waals surface area contributed by atoms with Crippen LogP contribution < -0.4 is 0 Å². The van der Waals surface area contributed by atoms with Gasteiger partial charge in [-0.25, -0.2) is 0 Å². The van der Waals surface area contributed by atoms with Crippen LogP contribution in [0.4, 0.5) is 0 Å². The average Bonchev–Trinajstić information content (AvgIpc) is 2.71. The van der Waals surface area contributed by atoms with Gasteiger partial charge in [0.1, 0.15) is 0 Å². The van der Waals surface area contributed by atoms with Gasteiger partial charge in [-0.3, -0.25) is 0 Å². The second-order valence-corrected chi connectivity index (χ2v) is 10.2. The largest absolute Gasteiger partial charge is 0.0985 e. The summed E-state index contributed by atoms with van der Waals surface area (Å²) in [6, 6.07) is 24.6. The van der Waals surface area contributed by atoms with Crippen molar-refractivity contribution in [2.24, 2.45) is 0 Å². The van der Waals surface area contributed by atoms with E-state index in [4.69, 9.17) is 0 Å². The molecule has 0 bridgehead atoms. The van der Waals surface area contributed by atoms with Crippen LogP contribution in [0.2, 0.25) is 0 Å². The van der Waals surface area contributed by atoms with Crippen LogP contribution in [0.3, 0.4) is 0 Å². The predicted octanol–water partition coefficient (Wildman–Crippen LogP) is 8.81. The molecule has 0 N–H and O–H groups in total.